The smallest absolute Gasteiger partial charge is 0.306 e. The number of aliphatic carboxylic acids is 1. The summed E-state index contributed by atoms with van der Waals surface area (Å²) in [4.78, 5) is 13.9. The first kappa shape index (κ1) is 33.6. The molecular formula is C39H62N2O4S. The number of aliphatic hydroxyl groups is 1. The average molecular weight is 655 g/mol. The molecule has 6 aliphatic carbocycles. The molecule has 0 amide bonds. The zero-order valence-corrected chi connectivity index (χ0v) is 30.0. The Balaban J connectivity index is 1.06. The van der Waals surface area contributed by atoms with Gasteiger partial charge in [0.15, 0.2) is 0 Å². The zero-order chi connectivity index (χ0) is 32.5. The summed E-state index contributed by atoms with van der Waals surface area (Å²) in [6.07, 6.45) is 19.9. The summed E-state index contributed by atoms with van der Waals surface area (Å²) in [6, 6.07) is 0. The number of allylic oxidation sites excluding steroid dienone is 4. The second kappa shape index (κ2) is 12.5. The Morgan fingerprint density at radius 3 is 2.50 bits per heavy atom. The predicted octanol–water partition coefficient (Wildman–Crippen LogP) is 6.57. The minimum atomic E-state index is -0.675. The average Bonchev–Trinajstić information content (AvgIpc) is 3.46. The van der Waals surface area contributed by atoms with Crippen molar-refractivity contribution in [3.63, 3.8) is 0 Å². The van der Waals surface area contributed by atoms with E-state index in [9.17, 15) is 19.6 Å². The van der Waals surface area contributed by atoms with Gasteiger partial charge in [0.05, 0.1) is 12.0 Å². The van der Waals surface area contributed by atoms with Crippen LogP contribution >= 0.6 is 0 Å². The third-order valence-corrected chi connectivity index (χ3v) is 17.4. The Kier molecular flexibility index (Phi) is 9.12. The van der Waals surface area contributed by atoms with Crippen molar-refractivity contribution in [3.05, 3.63) is 23.3 Å². The van der Waals surface area contributed by atoms with Gasteiger partial charge in [-0.15, -0.1) is 0 Å². The van der Waals surface area contributed by atoms with Gasteiger partial charge >= 0.3 is 5.97 Å². The molecular weight excluding hydrogens is 593 g/mol. The maximum absolute atomic E-state index is 11.8. The van der Waals surface area contributed by atoms with E-state index in [1.807, 2.05) is 0 Å². The highest BCUT2D eigenvalue weighted by molar-refractivity contribution is 7.91. The van der Waals surface area contributed by atoms with Crippen molar-refractivity contribution in [1.82, 2.24) is 10.2 Å². The molecule has 10 unspecified atom stereocenters. The van der Waals surface area contributed by atoms with Gasteiger partial charge in [0.25, 0.3) is 0 Å². The second-order valence-corrected chi connectivity index (χ2v) is 19.4. The van der Waals surface area contributed by atoms with E-state index in [-0.39, 0.29) is 17.6 Å². The van der Waals surface area contributed by atoms with Crippen LogP contribution in [0.1, 0.15) is 111 Å². The van der Waals surface area contributed by atoms with Crippen LogP contribution in [0.25, 0.3) is 0 Å². The van der Waals surface area contributed by atoms with E-state index in [1.54, 1.807) is 5.57 Å². The zero-order valence-electron chi connectivity index (χ0n) is 29.2. The summed E-state index contributed by atoms with van der Waals surface area (Å²) in [5.74, 6) is 4.13. The summed E-state index contributed by atoms with van der Waals surface area (Å²) in [5, 5.41) is 24.6. The van der Waals surface area contributed by atoms with Crippen LogP contribution in [-0.4, -0.2) is 75.0 Å². The summed E-state index contributed by atoms with van der Waals surface area (Å²) < 4.78 is 11.8. The van der Waals surface area contributed by atoms with E-state index in [0.29, 0.717) is 53.5 Å². The maximum atomic E-state index is 11.8. The van der Waals surface area contributed by atoms with Gasteiger partial charge in [0, 0.05) is 31.7 Å². The molecule has 3 N–H and O–H groups in total. The number of nitrogens with zero attached hydrogens (tertiary/aromatic N) is 1. The van der Waals surface area contributed by atoms with Crippen LogP contribution in [0.15, 0.2) is 23.3 Å². The van der Waals surface area contributed by atoms with E-state index < -0.39 is 17.1 Å². The largest absolute Gasteiger partial charge is 0.616 e. The number of β-amino-alcohol motifs (C(OH)–C–C–N with tert-alkyl or cyclic N) is 1. The molecule has 7 aliphatic rings. The Bertz CT molecular complexity index is 1230. The number of carbonyl (C=O) groups is 1. The number of hydrogen-bond donors (Lipinski definition) is 3. The minimum absolute atomic E-state index is 0.184. The Labute approximate surface area is 281 Å². The van der Waals surface area contributed by atoms with Crippen molar-refractivity contribution in [3.8, 4) is 0 Å². The van der Waals surface area contributed by atoms with Gasteiger partial charge in [0.1, 0.15) is 11.5 Å². The molecule has 0 aromatic rings. The topological polar surface area (TPSA) is 95.9 Å². The van der Waals surface area contributed by atoms with Crippen LogP contribution in [0, 0.1) is 51.8 Å². The third-order valence-electron chi connectivity index (χ3n) is 16.1. The predicted molar refractivity (Wildman–Crippen MR) is 186 cm³/mol. The maximum Gasteiger partial charge on any atom is 0.306 e. The number of rotatable bonds is 7. The van der Waals surface area contributed by atoms with E-state index in [0.717, 1.165) is 49.3 Å². The molecule has 1 aliphatic heterocycles. The number of nitrogens with one attached hydrogen (secondary N) is 1. The first-order chi connectivity index (χ1) is 21.9. The second-order valence-electron chi connectivity index (χ2n) is 17.8. The lowest BCUT2D eigenvalue weighted by molar-refractivity contribution is -0.212. The highest BCUT2D eigenvalue weighted by Crippen LogP contribution is 2.75. The fraction of sp³-hybridized carbons (Fsp3) is 0.872. The van der Waals surface area contributed by atoms with E-state index in [1.165, 1.54) is 69.8 Å². The van der Waals surface area contributed by atoms with Gasteiger partial charge < -0.3 is 20.1 Å². The van der Waals surface area contributed by atoms with Crippen molar-refractivity contribution in [2.24, 2.45) is 51.8 Å². The lowest BCUT2D eigenvalue weighted by Gasteiger charge is -2.71. The van der Waals surface area contributed by atoms with Gasteiger partial charge in [-0.1, -0.05) is 57.4 Å². The SMILES string of the molecule is CC1C(C2=CCC(C(=O)O)CC2)=CCC2(C)C1CCC1(C)C2CCC2C3CCCC3(NCC(O)CN3CC[S+]([O-])CC3)CC[C@]21C. The van der Waals surface area contributed by atoms with Crippen LogP contribution < -0.4 is 5.32 Å². The Morgan fingerprint density at radius 1 is 1.00 bits per heavy atom. The molecule has 0 bridgehead atoms. The molecule has 6 nitrogen and oxygen atoms in total. The summed E-state index contributed by atoms with van der Waals surface area (Å²) in [6.45, 7) is 13.7. The summed E-state index contributed by atoms with van der Waals surface area (Å²) >= 11 is -0.675. The lowest BCUT2D eigenvalue weighted by atomic mass is 9.34. The minimum Gasteiger partial charge on any atom is -0.616 e. The van der Waals surface area contributed by atoms with Crippen molar-refractivity contribution in [2.45, 2.75) is 123 Å². The first-order valence-corrected chi connectivity index (χ1v) is 20.5. The standard InChI is InChI=1S/C39H62N2O4S/c1-26-30(27-7-9-28(10-8-27)35(43)44)13-16-36(2)31(26)14-17-38(4)34(36)12-11-32-33-6-5-15-39(33,19-18-37(32,38)3)40-24-29(42)25-41-20-22-46(45)23-21-41/h7,13,26,28-29,31-34,40,42H,5-6,8-12,14-25H2,1-4H3,(H,43,44)/t26?,28?,29?,31?,32?,33?,34?,36?,37-,38?,39?/m1/s1. The lowest BCUT2D eigenvalue weighted by Crippen LogP contribution is -2.67. The highest BCUT2D eigenvalue weighted by atomic mass is 32.2. The monoisotopic (exact) mass is 654 g/mol. The molecule has 1 heterocycles. The molecule has 46 heavy (non-hydrogen) atoms. The summed E-state index contributed by atoms with van der Waals surface area (Å²) in [5.41, 5.74) is 4.22. The van der Waals surface area contributed by atoms with Crippen molar-refractivity contribution >= 4 is 17.1 Å². The highest BCUT2D eigenvalue weighted by Gasteiger charge is 2.68. The Hall–Kier alpha value is -0.860. The molecule has 0 aromatic heterocycles. The van der Waals surface area contributed by atoms with Crippen LogP contribution in [0.4, 0.5) is 0 Å². The van der Waals surface area contributed by atoms with Gasteiger partial charge in [-0.3, -0.25) is 9.69 Å². The van der Waals surface area contributed by atoms with Crippen LogP contribution in [-0.2, 0) is 16.0 Å². The molecule has 11 atom stereocenters. The van der Waals surface area contributed by atoms with E-state index in [2.05, 4.69) is 50.1 Å². The van der Waals surface area contributed by atoms with Gasteiger partial charge in [-0.05, 0) is 134 Å². The number of carboxylic acids is 1. The van der Waals surface area contributed by atoms with E-state index in [4.69, 9.17) is 0 Å². The van der Waals surface area contributed by atoms with Crippen LogP contribution in [0.5, 0.6) is 0 Å². The number of carboxylic acid groups (broad SMARTS) is 1. The quantitative estimate of drug-likeness (QED) is 0.269. The number of fused-ring (bicyclic) bond motifs is 7. The molecule has 0 aromatic carbocycles. The molecule has 1 saturated heterocycles. The van der Waals surface area contributed by atoms with Crippen LogP contribution in [0.3, 0.4) is 0 Å². The van der Waals surface area contributed by atoms with Crippen molar-refractivity contribution in [1.29, 1.82) is 0 Å². The number of hydrogen-bond acceptors (Lipinski definition) is 5. The van der Waals surface area contributed by atoms with Gasteiger partial charge in [-0.25, -0.2) is 0 Å². The summed E-state index contributed by atoms with van der Waals surface area (Å²) in [7, 11) is 0. The van der Waals surface area contributed by atoms with Gasteiger partial charge in [0.2, 0.25) is 0 Å². The fourth-order valence-electron chi connectivity index (χ4n) is 13.4. The van der Waals surface area contributed by atoms with Crippen molar-refractivity contribution < 1.29 is 19.6 Å². The fourth-order valence-corrected chi connectivity index (χ4v) is 14.5. The first-order valence-electron chi connectivity index (χ1n) is 19.0. The molecule has 258 valence electrons. The molecule has 0 radical (unpaired) electrons. The molecule has 0 spiro atoms. The third kappa shape index (κ3) is 5.40. The molecule has 4 saturated carbocycles. The Morgan fingerprint density at radius 2 is 1.78 bits per heavy atom. The molecule has 5 fully saturated rings. The van der Waals surface area contributed by atoms with Gasteiger partial charge in [-0.2, -0.15) is 0 Å². The molecule has 7 rings (SSSR count). The van der Waals surface area contributed by atoms with Crippen LogP contribution in [0.2, 0.25) is 0 Å². The number of aliphatic hydroxyl groups excluding tert-OH is 1. The normalized spacial score (nSPS) is 47.1. The van der Waals surface area contributed by atoms with E-state index >= 15 is 0 Å². The van der Waals surface area contributed by atoms with Crippen molar-refractivity contribution in [2.75, 3.05) is 37.7 Å². The molecule has 7 heteroatoms.